The number of rotatable bonds is 4. The van der Waals surface area contributed by atoms with Crippen LogP contribution >= 0.6 is 11.6 Å². The highest BCUT2D eigenvalue weighted by Gasteiger charge is 2.13. The van der Waals surface area contributed by atoms with Crippen molar-refractivity contribution in [3.8, 4) is 0 Å². The summed E-state index contributed by atoms with van der Waals surface area (Å²) in [7, 11) is 1.90. The number of nitrogens with two attached hydrogens (primary N) is 1. The maximum absolute atomic E-state index is 6.13. The maximum atomic E-state index is 6.13. The molecule has 1 aromatic carbocycles. The van der Waals surface area contributed by atoms with Gasteiger partial charge in [-0.3, -0.25) is 16.0 Å². The first kappa shape index (κ1) is 13.1. The molecule has 1 heterocycles. The highest BCUT2D eigenvalue weighted by Crippen LogP contribution is 2.23. The zero-order valence-electron chi connectivity index (χ0n) is 10.5. The van der Waals surface area contributed by atoms with Crippen LogP contribution in [-0.2, 0) is 13.5 Å². The highest BCUT2D eigenvalue weighted by molar-refractivity contribution is 6.31. The van der Waals surface area contributed by atoms with Crippen molar-refractivity contribution in [2.75, 3.05) is 0 Å². The fourth-order valence-electron chi connectivity index (χ4n) is 1.88. The van der Waals surface area contributed by atoms with Crippen LogP contribution in [0.3, 0.4) is 0 Å². The maximum Gasteiger partial charge on any atom is 0.0643 e. The summed E-state index contributed by atoms with van der Waals surface area (Å²) in [6.07, 6.45) is 2.65. The number of benzene rings is 1. The van der Waals surface area contributed by atoms with Gasteiger partial charge in [-0.2, -0.15) is 5.10 Å². The van der Waals surface area contributed by atoms with E-state index >= 15 is 0 Å². The van der Waals surface area contributed by atoms with Gasteiger partial charge in [0, 0.05) is 24.7 Å². The summed E-state index contributed by atoms with van der Waals surface area (Å²) >= 11 is 6.13. The molecule has 0 bridgehead atoms. The van der Waals surface area contributed by atoms with Gasteiger partial charge in [0.2, 0.25) is 0 Å². The van der Waals surface area contributed by atoms with Crippen molar-refractivity contribution in [2.45, 2.75) is 19.4 Å². The number of aromatic nitrogens is 2. The van der Waals surface area contributed by atoms with E-state index in [0.717, 1.165) is 28.3 Å². The summed E-state index contributed by atoms with van der Waals surface area (Å²) in [5.74, 6) is 5.62. The third kappa shape index (κ3) is 2.90. The second kappa shape index (κ2) is 5.52. The predicted molar refractivity (Wildman–Crippen MR) is 73.2 cm³/mol. The first-order valence-corrected chi connectivity index (χ1v) is 6.18. The molecular weight excluding hydrogens is 248 g/mol. The van der Waals surface area contributed by atoms with Crippen LogP contribution in [0.4, 0.5) is 0 Å². The Morgan fingerprint density at radius 2 is 2.22 bits per heavy atom. The number of nitrogens with zero attached hydrogens (tertiary/aromatic N) is 2. The molecule has 18 heavy (non-hydrogen) atoms. The number of hydrogen-bond acceptors (Lipinski definition) is 3. The van der Waals surface area contributed by atoms with E-state index in [1.807, 2.05) is 44.4 Å². The minimum absolute atomic E-state index is 0.0120. The third-order valence-electron chi connectivity index (χ3n) is 2.98. The minimum Gasteiger partial charge on any atom is -0.276 e. The lowest BCUT2D eigenvalue weighted by Gasteiger charge is -2.16. The quantitative estimate of drug-likeness (QED) is 0.657. The molecule has 4 nitrogen and oxygen atoms in total. The van der Waals surface area contributed by atoms with Crippen molar-refractivity contribution in [3.05, 3.63) is 52.3 Å². The molecule has 0 saturated carbocycles. The number of hydrazine groups is 1. The number of aryl methyl sites for hydroxylation is 2. The van der Waals surface area contributed by atoms with Gasteiger partial charge in [0.25, 0.3) is 0 Å². The van der Waals surface area contributed by atoms with E-state index < -0.39 is 0 Å². The van der Waals surface area contributed by atoms with Gasteiger partial charge in [-0.05, 0) is 30.2 Å². The van der Waals surface area contributed by atoms with Crippen LogP contribution in [-0.4, -0.2) is 9.78 Å². The van der Waals surface area contributed by atoms with E-state index in [2.05, 4.69) is 10.5 Å². The predicted octanol–water partition coefficient (Wildman–Crippen LogP) is 2.13. The molecule has 0 saturated heterocycles. The molecule has 3 N–H and O–H groups in total. The highest BCUT2D eigenvalue weighted by atomic mass is 35.5. The van der Waals surface area contributed by atoms with E-state index in [1.165, 1.54) is 0 Å². The van der Waals surface area contributed by atoms with Crippen LogP contribution in [0.5, 0.6) is 0 Å². The molecule has 2 aromatic rings. The van der Waals surface area contributed by atoms with Gasteiger partial charge in [0.1, 0.15) is 0 Å². The van der Waals surface area contributed by atoms with Gasteiger partial charge >= 0.3 is 0 Å². The van der Waals surface area contributed by atoms with E-state index in [9.17, 15) is 0 Å². The lowest BCUT2D eigenvalue weighted by atomic mass is 10.0. The van der Waals surface area contributed by atoms with Gasteiger partial charge < -0.3 is 0 Å². The molecule has 0 fully saturated rings. The topological polar surface area (TPSA) is 55.9 Å². The van der Waals surface area contributed by atoms with E-state index in [0.29, 0.717) is 0 Å². The van der Waals surface area contributed by atoms with Crippen LogP contribution in [0.25, 0.3) is 0 Å². The summed E-state index contributed by atoms with van der Waals surface area (Å²) in [6, 6.07) is 7.98. The summed E-state index contributed by atoms with van der Waals surface area (Å²) < 4.78 is 1.78. The van der Waals surface area contributed by atoms with E-state index in [1.54, 1.807) is 4.68 Å². The first-order valence-electron chi connectivity index (χ1n) is 5.81. The van der Waals surface area contributed by atoms with Crippen LogP contribution < -0.4 is 11.3 Å². The molecule has 1 unspecified atom stereocenters. The van der Waals surface area contributed by atoms with Crippen molar-refractivity contribution in [3.63, 3.8) is 0 Å². The van der Waals surface area contributed by atoms with Crippen molar-refractivity contribution in [1.29, 1.82) is 0 Å². The lowest BCUT2D eigenvalue weighted by molar-refractivity contribution is 0.541. The van der Waals surface area contributed by atoms with Crippen molar-refractivity contribution < 1.29 is 0 Å². The first-order chi connectivity index (χ1) is 8.60. The normalized spacial score (nSPS) is 12.7. The van der Waals surface area contributed by atoms with Gasteiger partial charge in [0.15, 0.2) is 0 Å². The van der Waals surface area contributed by atoms with Crippen LogP contribution in [0.1, 0.15) is 22.9 Å². The largest absolute Gasteiger partial charge is 0.276 e. The van der Waals surface area contributed by atoms with Crippen LogP contribution in [0, 0.1) is 6.92 Å². The summed E-state index contributed by atoms with van der Waals surface area (Å²) in [6.45, 7) is 1.98. The van der Waals surface area contributed by atoms with E-state index in [-0.39, 0.29) is 6.04 Å². The van der Waals surface area contributed by atoms with Gasteiger partial charge in [-0.1, -0.05) is 23.7 Å². The molecule has 2 rings (SSSR count). The Hall–Kier alpha value is -1.36. The molecule has 1 atom stereocenters. The average molecular weight is 265 g/mol. The molecule has 96 valence electrons. The Bertz CT molecular complexity index is 536. The number of halogens is 1. The Balaban J connectivity index is 2.19. The van der Waals surface area contributed by atoms with Crippen molar-refractivity contribution >= 4 is 11.6 Å². The Morgan fingerprint density at radius 1 is 1.44 bits per heavy atom. The lowest BCUT2D eigenvalue weighted by Crippen LogP contribution is -2.29. The second-order valence-electron chi connectivity index (χ2n) is 4.41. The van der Waals surface area contributed by atoms with Crippen LogP contribution in [0.15, 0.2) is 30.5 Å². The summed E-state index contributed by atoms with van der Waals surface area (Å²) in [5.41, 5.74) is 5.94. The number of hydrogen-bond donors (Lipinski definition) is 2. The Morgan fingerprint density at radius 3 is 2.78 bits per heavy atom. The molecule has 0 aliphatic carbocycles. The van der Waals surface area contributed by atoms with E-state index in [4.69, 9.17) is 17.4 Å². The molecule has 0 spiro atoms. The second-order valence-corrected chi connectivity index (χ2v) is 4.82. The van der Waals surface area contributed by atoms with Crippen molar-refractivity contribution in [2.24, 2.45) is 12.9 Å². The minimum atomic E-state index is 0.0120. The molecule has 0 aliphatic rings. The van der Waals surface area contributed by atoms with Gasteiger partial charge in [0.05, 0.1) is 11.7 Å². The smallest absolute Gasteiger partial charge is 0.0643 e. The number of nitrogens with one attached hydrogen (secondary N) is 1. The zero-order valence-corrected chi connectivity index (χ0v) is 11.3. The SMILES string of the molecule is Cc1ccc(C(Cc2ccn(C)n2)NN)cc1Cl. The molecule has 1 aromatic heterocycles. The summed E-state index contributed by atoms with van der Waals surface area (Å²) in [4.78, 5) is 0. The Kier molecular flexibility index (Phi) is 4.01. The fraction of sp³-hybridized carbons (Fsp3) is 0.308. The molecule has 0 amide bonds. The Labute approximate surface area is 112 Å². The van der Waals surface area contributed by atoms with Crippen molar-refractivity contribution in [1.82, 2.24) is 15.2 Å². The van der Waals surface area contributed by atoms with Crippen LogP contribution in [0.2, 0.25) is 5.02 Å². The average Bonchev–Trinajstić information content (AvgIpc) is 2.75. The van der Waals surface area contributed by atoms with Gasteiger partial charge in [-0.25, -0.2) is 0 Å². The molecule has 0 aliphatic heterocycles. The fourth-order valence-corrected chi connectivity index (χ4v) is 2.07. The molecule has 5 heteroatoms. The van der Waals surface area contributed by atoms with Gasteiger partial charge in [-0.15, -0.1) is 0 Å². The standard InChI is InChI=1S/C13H17ClN4/c1-9-3-4-10(7-12(9)14)13(16-15)8-11-5-6-18(2)17-11/h3-7,13,16H,8,15H2,1-2H3. The third-order valence-corrected chi connectivity index (χ3v) is 3.39. The molecule has 0 radical (unpaired) electrons. The zero-order chi connectivity index (χ0) is 13.1. The summed E-state index contributed by atoms with van der Waals surface area (Å²) in [5, 5.41) is 5.11. The molecular formula is C13H17ClN4. The monoisotopic (exact) mass is 264 g/mol.